The average molecular weight is 604 g/mol. The summed E-state index contributed by atoms with van der Waals surface area (Å²) >= 11 is 0. The second kappa shape index (κ2) is 11.9. The zero-order valence-corrected chi connectivity index (χ0v) is 26.8. The second-order valence-electron chi connectivity index (χ2n) is 14.5. The summed E-state index contributed by atoms with van der Waals surface area (Å²) in [5.74, 6) is -0.839. The van der Waals surface area contributed by atoms with Gasteiger partial charge in [0.2, 0.25) is 5.91 Å². The molecular weight excluding hydrogens is 558 g/mol. The lowest BCUT2D eigenvalue weighted by Crippen LogP contribution is -2.55. The number of ether oxygens (including phenoxy) is 2. The fourth-order valence-electron chi connectivity index (χ4n) is 6.62. The van der Waals surface area contributed by atoms with E-state index in [1.54, 1.807) is 34.1 Å². The lowest BCUT2D eigenvalue weighted by molar-refractivity contribution is -0.151. The van der Waals surface area contributed by atoms with Gasteiger partial charge >= 0.3 is 12.1 Å². The highest BCUT2D eigenvalue weighted by atomic mass is 16.6. The van der Waals surface area contributed by atoms with Gasteiger partial charge in [-0.1, -0.05) is 24.3 Å². The summed E-state index contributed by atoms with van der Waals surface area (Å²) in [4.78, 5) is 56.3. The Labute approximate surface area is 260 Å². The molecule has 9 heteroatoms. The van der Waals surface area contributed by atoms with Gasteiger partial charge in [0.15, 0.2) is 0 Å². The molecule has 1 saturated carbocycles. The molecule has 1 N–H and O–H groups in total. The van der Waals surface area contributed by atoms with E-state index in [9.17, 15) is 19.2 Å². The van der Waals surface area contributed by atoms with Crippen molar-refractivity contribution in [1.29, 1.82) is 0 Å². The molecule has 236 valence electrons. The molecule has 0 aromatic heterocycles. The van der Waals surface area contributed by atoms with Crippen LogP contribution in [0.4, 0.5) is 10.5 Å². The molecule has 2 heterocycles. The van der Waals surface area contributed by atoms with Gasteiger partial charge in [0, 0.05) is 31.2 Å². The predicted molar refractivity (Wildman–Crippen MR) is 167 cm³/mol. The van der Waals surface area contributed by atoms with Crippen molar-refractivity contribution >= 4 is 29.6 Å². The Morgan fingerprint density at radius 1 is 0.818 bits per heavy atom. The smallest absolute Gasteiger partial charge is 0.410 e. The van der Waals surface area contributed by atoms with Crippen molar-refractivity contribution in [3.8, 4) is 0 Å². The van der Waals surface area contributed by atoms with Crippen molar-refractivity contribution in [3.63, 3.8) is 0 Å². The van der Waals surface area contributed by atoms with Crippen molar-refractivity contribution in [1.82, 2.24) is 9.80 Å². The standard InChI is InChI=1S/C35H45N3O6/c1-33(2,3)43-31(41)24-11-13-26(14-12-24)36-29(39)28-27-10-8-7-9-23(27)15-18-38(28)30(40)25-21-35(22-25)16-19-37(20-17-35)32(42)44-34(4,5)6/h7-14,25,28H,15-22H2,1-6H3,(H,36,39). The summed E-state index contributed by atoms with van der Waals surface area (Å²) in [6.45, 7) is 12.8. The molecule has 5 rings (SSSR count). The van der Waals surface area contributed by atoms with E-state index in [1.807, 2.05) is 65.8 Å². The number of esters is 1. The lowest BCUT2D eigenvalue weighted by atomic mass is 9.57. The number of carbonyl (C=O) groups is 4. The zero-order chi connectivity index (χ0) is 31.9. The molecule has 2 aliphatic heterocycles. The third-order valence-electron chi connectivity index (χ3n) is 8.79. The lowest BCUT2D eigenvalue weighted by Gasteiger charge is -2.53. The van der Waals surface area contributed by atoms with Crippen LogP contribution in [0, 0.1) is 11.3 Å². The predicted octanol–water partition coefficient (Wildman–Crippen LogP) is 6.13. The zero-order valence-electron chi connectivity index (χ0n) is 26.8. The highest BCUT2D eigenvalue weighted by molar-refractivity contribution is 5.99. The molecule has 2 aromatic rings. The minimum Gasteiger partial charge on any atom is -0.456 e. The normalized spacial score (nSPS) is 19.9. The summed E-state index contributed by atoms with van der Waals surface area (Å²) in [5, 5.41) is 2.98. The van der Waals surface area contributed by atoms with Crippen LogP contribution >= 0.6 is 0 Å². The molecular formula is C35H45N3O6. The maximum Gasteiger partial charge on any atom is 0.410 e. The van der Waals surface area contributed by atoms with Crippen LogP contribution in [-0.2, 0) is 25.5 Å². The third kappa shape index (κ3) is 7.08. The number of hydrogen-bond acceptors (Lipinski definition) is 6. The number of fused-ring (bicyclic) bond motifs is 1. The highest BCUT2D eigenvalue weighted by Crippen LogP contribution is 2.53. The summed E-state index contributed by atoms with van der Waals surface area (Å²) < 4.78 is 11.0. The van der Waals surface area contributed by atoms with E-state index in [0.29, 0.717) is 37.3 Å². The average Bonchev–Trinajstić information content (AvgIpc) is 2.93. The fourth-order valence-corrected chi connectivity index (χ4v) is 6.62. The van der Waals surface area contributed by atoms with Gasteiger partial charge in [-0.25, -0.2) is 9.59 Å². The van der Waals surface area contributed by atoms with Gasteiger partial charge in [-0.2, -0.15) is 0 Å². The van der Waals surface area contributed by atoms with Gasteiger partial charge in [-0.05, 0) is 114 Å². The third-order valence-corrected chi connectivity index (χ3v) is 8.79. The van der Waals surface area contributed by atoms with Gasteiger partial charge in [-0.15, -0.1) is 0 Å². The number of piperidine rings is 1. The summed E-state index contributed by atoms with van der Waals surface area (Å²) in [5.41, 5.74) is 1.77. The monoisotopic (exact) mass is 603 g/mol. The minimum absolute atomic E-state index is 0.0140. The number of carbonyl (C=O) groups excluding carboxylic acids is 4. The first-order valence-electron chi connectivity index (χ1n) is 15.6. The molecule has 0 bridgehead atoms. The van der Waals surface area contributed by atoms with Gasteiger partial charge in [-0.3, -0.25) is 9.59 Å². The molecule has 2 fully saturated rings. The first-order chi connectivity index (χ1) is 20.6. The molecule has 1 unspecified atom stereocenters. The maximum absolute atomic E-state index is 14.0. The van der Waals surface area contributed by atoms with E-state index >= 15 is 0 Å². The van der Waals surface area contributed by atoms with Crippen LogP contribution in [0.25, 0.3) is 0 Å². The largest absolute Gasteiger partial charge is 0.456 e. The molecule has 0 radical (unpaired) electrons. The number of likely N-dealkylation sites (tertiary alicyclic amines) is 1. The maximum atomic E-state index is 14.0. The van der Waals surface area contributed by atoms with Crippen molar-refractivity contribution in [2.75, 3.05) is 25.0 Å². The summed E-state index contributed by atoms with van der Waals surface area (Å²) in [7, 11) is 0. The van der Waals surface area contributed by atoms with Crippen LogP contribution < -0.4 is 5.32 Å². The second-order valence-corrected chi connectivity index (χ2v) is 14.5. The summed E-state index contributed by atoms with van der Waals surface area (Å²) in [6.07, 6.45) is 3.65. The highest BCUT2D eigenvalue weighted by Gasteiger charge is 2.51. The van der Waals surface area contributed by atoms with E-state index in [1.165, 1.54) is 0 Å². The number of amides is 3. The Kier molecular flexibility index (Phi) is 8.53. The molecule has 1 atom stereocenters. The van der Waals surface area contributed by atoms with E-state index in [-0.39, 0.29) is 29.2 Å². The molecule has 3 amide bonds. The first-order valence-corrected chi connectivity index (χ1v) is 15.6. The van der Waals surface area contributed by atoms with Crippen LogP contribution in [0.5, 0.6) is 0 Å². The first kappa shape index (κ1) is 31.5. The summed E-state index contributed by atoms with van der Waals surface area (Å²) in [6, 6.07) is 13.7. The van der Waals surface area contributed by atoms with Crippen molar-refractivity contribution in [2.45, 2.75) is 90.9 Å². The molecule has 1 saturated heterocycles. The number of nitrogens with zero attached hydrogens (tertiary/aromatic N) is 2. The topological polar surface area (TPSA) is 105 Å². The Morgan fingerprint density at radius 2 is 1.43 bits per heavy atom. The molecule has 1 spiro atoms. The number of rotatable bonds is 4. The SMILES string of the molecule is CC(C)(C)OC(=O)c1ccc(NC(=O)C2c3ccccc3CCN2C(=O)C2CC3(CCN(C(=O)OC(C)(C)C)CC3)C2)cc1. The van der Waals surface area contributed by atoms with E-state index < -0.39 is 23.2 Å². The Bertz CT molecular complexity index is 1410. The van der Waals surface area contributed by atoms with Crippen LogP contribution in [0.15, 0.2) is 48.5 Å². The molecule has 1 aliphatic carbocycles. The quantitative estimate of drug-likeness (QED) is 0.422. The Balaban J connectivity index is 1.24. The van der Waals surface area contributed by atoms with Crippen LogP contribution in [0.1, 0.15) is 94.8 Å². The minimum atomic E-state index is -0.747. The van der Waals surface area contributed by atoms with Gasteiger partial charge < -0.3 is 24.6 Å². The van der Waals surface area contributed by atoms with Gasteiger partial charge in [0.25, 0.3) is 5.91 Å². The van der Waals surface area contributed by atoms with E-state index in [2.05, 4.69) is 5.32 Å². The number of anilines is 1. The number of nitrogens with one attached hydrogen (secondary N) is 1. The van der Waals surface area contributed by atoms with Crippen LogP contribution in [0.3, 0.4) is 0 Å². The Hall–Kier alpha value is -3.88. The van der Waals surface area contributed by atoms with Crippen LogP contribution in [-0.4, -0.2) is 64.5 Å². The fraction of sp³-hybridized carbons (Fsp3) is 0.543. The van der Waals surface area contributed by atoms with Crippen molar-refractivity contribution in [2.24, 2.45) is 11.3 Å². The van der Waals surface area contributed by atoms with Crippen molar-refractivity contribution < 1.29 is 28.7 Å². The van der Waals surface area contributed by atoms with E-state index in [4.69, 9.17) is 9.47 Å². The van der Waals surface area contributed by atoms with Crippen molar-refractivity contribution in [3.05, 3.63) is 65.2 Å². The van der Waals surface area contributed by atoms with Crippen LogP contribution in [0.2, 0.25) is 0 Å². The number of benzene rings is 2. The van der Waals surface area contributed by atoms with Gasteiger partial charge in [0.1, 0.15) is 17.2 Å². The molecule has 3 aliphatic rings. The Morgan fingerprint density at radius 3 is 2.05 bits per heavy atom. The van der Waals surface area contributed by atoms with E-state index in [0.717, 1.165) is 36.8 Å². The molecule has 9 nitrogen and oxygen atoms in total. The molecule has 2 aromatic carbocycles. The van der Waals surface area contributed by atoms with Gasteiger partial charge in [0.05, 0.1) is 5.56 Å². The molecule has 44 heavy (non-hydrogen) atoms. The number of hydrogen-bond donors (Lipinski definition) is 1.